The van der Waals surface area contributed by atoms with Crippen LogP contribution in [0.15, 0.2) is 25.5 Å². The molecule has 0 unspecified atom stereocenters. The zero-order chi connectivity index (χ0) is 12.6. The Balaban J connectivity index is 2.50. The highest BCUT2D eigenvalue weighted by Crippen LogP contribution is 2.22. The first kappa shape index (κ1) is 12.6. The lowest BCUT2D eigenvalue weighted by atomic mass is 10.3. The number of aromatic amines is 1. The standard InChI is InChI=1S/C10H8BrClN2O2S/c1-5-8(12)13-10(16)14(9(5)15)4-6-2-3-7(11)17-6/h2-3H,4H2,1H3,(H,13,16). The van der Waals surface area contributed by atoms with Crippen molar-refractivity contribution in [2.24, 2.45) is 0 Å². The number of rotatable bonds is 2. The third-order valence-electron chi connectivity index (χ3n) is 2.30. The lowest BCUT2D eigenvalue weighted by molar-refractivity contribution is 0.699. The summed E-state index contributed by atoms with van der Waals surface area (Å²) >= 11 is 10.5. The molecule has 4 nitrogen and oxygen atoms in total. The summed E-state index contributed by atoms with van der Waals surface area (Å²) in [4.78, 5) is 26.9. The molecule has 2 aromatic rings. The van der Waals surface area contributed by atoms with Crippen molar-refractivity contribution in [1.29, 1.82) is 0 Å². The second-order valence-corrected chi connectivity index (χ2v) is 6.39. The first-order valence-electron chi connectivity index (χ1n) is 4.72. The van der Waals surface area contributed by atoms with Gasteiger partial charge in [0, 0.05) is 10.4 Å². The highest BCUT2D eigenvalue weighted by atomic mass is 79.9. The Morgan fingerprint density at radius 3 is 2.76 bits per heavy atom. The fourth-order valence-electron chi connectivity index (χ4n) is 1.38. The van der Waals surface area contributed by atoms with Crippen LogP contribution in [0.4, 0.5) is 0 Å². The van der Waals surface area contributed by atoms with Crippen LogP contribution in [0, 0.1) is 6.92 Å². The van der Waals surface area contributed by atoms with Crippen molar-refractivity contribution in [2.75, 3.05) is 0 Å². The Bertz CT molecular complexity index is 674. The molecule has 7 heteroatoms. The van der Waals surface area contributed by atoms with Crippen LogP contribution in [0.5, 0.6) is 0 Å². The summed E-state index contributed by atoms with van der Waals surface area (Å²) in [5.74, 6) is 0. The molecule has 0 aliphatic carbocycles. The van der Waals surface area contributed by atoms with Crippen LogP contribution < -0.4 is 11.2 Å². The van der Waals surface area contributed by atoms with E-state index in [0.717, 1.165) is 13.2 Å². The fraction of sp³-hybridized carbons (Fsp3) is 0.200. The van der Waals surface area contributed by atoms with E-state index in [9.17, 15) is 9.59 Å². The van der Waals surface area contributed by atoms with Crippen molar-refractivity contribution >= 4 is 38.9 Å². The van der Waals surface area contributed by atoms with Crippen LogP contribution in [-0.4, -0.2) is 9.55 Å². The van der Waals surface area contributed by atoms with Crippen molar-refractivity contribution in [1.82, 2.24) is 9.55 Å². The van der Waals surface area contributed by atoms with Gasteiger partial charge >= 0.3 is 5.69 Å². The number of H-pyrrole nitrogens is 1. The molecule has 2 heterocycles. The second kappa shape index (κ2) is 4.80. The smallest absolute Gasteiger partial charge is 0.297 e. The molecule has 90 valence electrons. The zero-order valence-electron chi connectivity index (χ0n) is 8.79. The van der Waals surface area contributed by atoms with Gasteiger partial charge in [-0.05, 0) is 35.0 Å². The molecule has 0 fully saturated rings. The van der Waals surface area contributed by atoms with Gasteiger partial charge < -0.3 is 0 Å². The Kier molecular flexibility index (Phi) is 3.56. The van der Waals surface area contributed by atoms with Crippen LogP contribution in [-0.2, 0) is 6.54 Å². The summed E-state index contributed by atoms with van der Waals surface area (Å²) < 4.78 is 2.10. The maximum absolute atomic E-state index is 11.9. The minimum absolute atomic E-state index is 0.101. The SMILES string of the molecule is Cc1c(Cl)[nH]c(=O)n(Cc2ccc(Br)s2)c1=O. The summed E-state index contributed by atoms with van der Waals surface area (Å²) in [6, 6.07) is 3.74. The molecule has 0 aromatic carbocycles. The minimum atomic E-state index is -0.491. The van der Waals surface area contributed by atoms with Crippen molar-refractivity contribution in [3.8, 4) is 0 Å². The number of nitrogens with one attached hydrogen (secondary N) is 1. The maximum atomic E-state index is 11.9. The van der Waals surface area contributed by atoms with E-state index in [2.05, 4.69) is 20.9 Å². The minimum Gasteiger partial charge on any atom is -0.297 e. The van der Waals surface area contributed by atoms with Gasteiger partial charge in [-0.1, -0.05) is 11.6 Å². The van der Waals surface area contributed by atoms with Crippen LogP contribution in [0.2, 0.25) is 5.15 Å². The van der Waals surface area contributed by atoms with Crippen molar-refractivity contribution in [2.45, 2.75) is 13.5 Å². The van der Waals surface area contributed by atoms with Crippen molar-refractivity contribution in [3.63, 3.8) is 0 Å². The lowest BCUT2D eigenvalue weighted by Gasteiger charge is -2.04. The Morgan fingerprint density at radius 1 is 1.47 bits per heavy atom. The van der Waals surface area contributed by atoms with Crippen LogP contribution in [0.1, 0.15) is 10.4 Å². The van der Waals surface area contributed by atoms with Gasteiger partial charge in [0.25, 0.3) is 5.56 Å². The van der Waals surface area contributed by atoms with Gasteiger partial charge in [0.1, 0.15) is 5.15 Å². The first-order chi connectivity index (χ1) is 7.99. The molecule has 0 aliphatic rings. The highest BCUT2D eigenvalue weighted by molar-refractivity contribution is 9.11. The summed E-state index contributed by atoms with van der Waals surface area (Å²) in [7, 11) is 0. The van der Waals surface area contributed by atoms with Crippen molar-refractivity contribution < 1.29 is 0 Å². The molecule has 0 saturated carbocycles. The van der Waals surface area contributed by atoms with Crippen LogP contribution in [0.25, 0.3) is 0 Å². The number of hydrogen-bond donors (Lipinski definition) is 1. The van der Waals surface area contributed by atoms with E-state index in [1.807, 2.05) is 12.1 Å². The molecule has 0 saturated heterocycles. The molecule has 0 radical (unpaired) electrons. The van der Waals surface area contributed by atoms with E-state index < -0.39 is 5.69 Å². The Labute approximate surface area is 114 Å². The quantitative estimate of drug-likeness (QED) is 0.857. The van der Waals surface area contributed by atoms with E-state index in [1.165, 1.54) is 11.3 Å². The summed E-state index contributed by atoms with van der Waals surface area (Å²) in [5, 5.41) is 0.101. The van der Waals surface area contributed by atoms with E-state index in [0.29, 0.717) is 5.56 Å². The molecule has 2 aromatic heterocycles. The zero-order valence-corrected chi connectivity index (χ0v) is 11.9. The van der Waals surface area contributed by atoms with Gasteiger partial charge in [0.05, 0.1) is 10.3 Å². The van der Waals surface area contributed by atoms with E-state index in [-0.39, 0.29) is 17.3 Å². The summed E-state index contributed by atoms with van der Waals surface area (Å²) in [5.41, 5.74) is -0.500. The van der Waals surface area contributed by atoms with Gasteiger partial charge in [-0.15, -0.1) is 11.3 Å². The molecule has 0 atom stereocenters. The third kappa shape index (κ3) is 2.53. The largest absolute Gasteiger partial charge is 0.329 e. The van der Waals surface area contributed by atoms with E-state index >= 15 is 0 Å². The van der Waals surface area contributed by atoms with Gasteiger partial charge in [-0.3, -0.25) is 14.3 Å². The topological polar surface area (TPSA) is 54.9 Å². The molecule has 17 heavy (non-hydrogen) atoms. The predicted molar refractivity (Wildman–Crippen MR) is 72.2 cm³/mol. The third-order valence-corrected chi connectivity index (χ3v) is 4.29. The van der Waals surface area contributed by atoms with Crippen molar-refractivity contribution in [3.05, 3.63) is 52.4 Å². The molecular weight excluding hydrogens is 328 g/mol. The first-order valence-corrected chi connectivity index (χ1v) is 6.71. The highest BCUT2D eigenvalue weighted by Gasteiger charge is 2.10. The second-order valence-electron chi connectivity index (χ2n) is 3.47. The number of thiophene rings is 1. The number of aromatic nitrogens is 2. The average molecular weight is 336 g/mol. The molecule has 0 aliphatic heterocycles. The maximum Gasteiger partial charge on any atom is 0.329 e. The number of hydrogen-bond acceptors (Lipinski definition) is 3. The molecule has 0 amide bonds. The Hall–Kier alpha value is -0.850. The molecule has 2 rings (SSSR count). The fourth-order valence-corrected chi connectivity index (χ4v) is 3.01. The van der Waals surface area contributed by atoms with Crippen LogP contribution >= 0.6 is 38.9 Å². The summed E-state index contributed by atoms with van der Waals surface area (Å²) in [6.45, 7) is 1.84. The lowest BCUT2D eigenvalue weighted by Crippen LogP contribution is -2.36. The molecular formula is C10H8BrClN2O2S. The summed E-state index contributed by atoms with van der Waals surface area (Å²) in [6.07, 6.45) is 0. The monoisotopic (exact) mass is 334 g/mol. The Morgan fingerprint density at radius 2 is 2.18 bits per heavy atom. The molecule has 1 N–H and O–H groups in total. The van der Waals surface area contributed by atoms with E-state index in [4.69, 9.17) is 11.6 Å². The van der Waals surface area contributed by atoms with Gasteiger partial charge in [-0.2, -0.15) is 0 Å². The number of nitrogens with zero attached hydrogens (tertiary/aromatic N) is 1. The average Bonchev–Trinajstić information content (AvgIpc) is 2.67. The molecule has 0 bridgehead atoms. The van der Waals surface area contributed by atoms with Crippen LogP contribution in [0.3, 0.4) is 0 Å². The normalized spacial score (nSPS) is 10.8. The van der Waals surface area contributed by atoms with Gasteiger partial charge in [-0.25, -0.2) is 4.79 Å². The van der Waals surface area contributed by atoms with Gasteiger partial charge in [0.15, 0.2) is 0 Å². The van der Waals surface area contributed by atoms with E-state index in [1.54, 1.807) is 6.92 Å². The van der Waals surface area contributed by atoms with Gasteiger partial charge in [0.2, 0.25) is 0 Å². The molecule has 0 spiro atoms. The predicted octanol–water partition coefficient (Wildman–Crippen LogP) is 2.37. The number of halogens is 2.